The fourth-order valence-electron chi connectivity index (χ4n) is 6.07. The number of carbonyl (C=O) groups is 1. The van der Waals surface area contributed by atoms with Crippen molar-refractivity contribution < 1.29 is 4.79 Å². The Morgan fingerprint density at radius 1 is 0.946 bits per heavy atom. The van der Waals surface area contributed by atoms with Crippen molar-refractivity contribution in [3.8, 4) is 0 Å². The van der Waals surface area contributed by atoms with Gasteiger partial charge >= 0.3 is 0 Å². The maximum absolute atomic E-state index is 12.8. The minimum atomic E-state index is 0.0463. The number of hydrogen-bond donors (Lipinski definition) is 3. The molecule has 1 amide bonds. The van der Waals surface area contributed by atoms with E-state index in [1.807, 2.05) is 17.3 Å². The molecule has 10 nitrogen and oxygen atoms in total. The third kappa shape index (κ3) is 5.25. The van der Waals surface area contributed by atoms with Gasteiger partial charge in [0, 0.05) is 49.7 Å². The maximum Gasteiger partial charge on any atom is 0.255 e. The molecule has 3 aromatic heterocycles. The van der Waals surface area contributed by atoms with Crippen LogP contribution in [0.4, 0.5) is 11.8 Å². The van der Waals surface area contributed by atoms with Gasteiger partial charge in [0.2, 0.25) is 5.95 Å². The van der Waals surface area contributed by atoms with Crippen LogP contribution in [0.15, 0.2) is 30.9 Å². The summed E-state index contributed by atoms with van der Waals surface area (Å²) >= 11 is 0. The molecule has 1 saturated heterocycles. The van der Waals surface area contributed by atoms with E-state index in [1.165, 1.54) is 25.7 Å². The van der Waals surface area contributed by atoms with Gasteiger partial charge in [0.05, 0.1) is 11.9 Å². The number of anilines is 2. The Balaban J connectivity index is 1.20. The predicted molar refractivity (Wildman–Crippen MR) is 143 cm³/mol. The molecule has 0 atom stereocenters. The first-order valence-corrected chi connectivity index (χ1v) is 13.9. The molecule has 0 unspecified atom stereocenters. The van der Waals surface area contributed by atoms with Crippen LogP contribution in [-0.2, 0) is 0 Å². The predicted octanol–water partition coefficient (Wildman–Crippen LogP) is 3.73. The van der Waals surface area contributed by atoms with Crippen LogP contribution in [0.2, 0.25) is 0 Å². The summed E-state index contributed by atoms with van der Waals surface area (Å²) in [6, 6.07) is 4.95. The Bertz CT molecular complexity index is 1210. The summed E-state index contributed by atoms with van der Waals surface area (Å²) < 4.78 is 2.26. The summed E-state index contributed by atoms with van der Waals surface area (Å²) in [4.78, 5) is 33.5. The first-order chi connectivity index (χ1) is 18.1. The zero-order valence-corrected chi connectivity index (χ0v) is 21.4. The van der Waals surface area contributed by atoms with Crippen LogP contribution < -0.4 is 16.4 Å². The summed E-state index contributed by atoms with van der Waals surface area (Å²) in [5, 5.41) is 7.28. The van der Waals surface area contributed by atoms with Crippen molar-refractivity contribution in [2.75, 3.05) is 23.7 Å². The molecule has 37 heavy (non-hydrogen) atoms. The number of nitrogens with two attached hydrogens (primary N) is 1. The molecular weight excluding hydrogens is 466 g/mol. The van der Waals surface area contributed by atoms with E-state index in [2.05, 4.69) is 20.2 Å². The maximum atomic E-state index is 12.8. The monoisotopic (exact) mass is 503 g/mol. The van der Waals surface area contributed by atoms with E-state index in [0.717, 1.165) is 55.5 Å². The lowest BCUT2D eigenvalue weighted by Gasteiger charge is -2.32. The van der Waals surface area contributed by atoms with Gasteiger partial charge in [-0.3, -0.25) is 9.78 Å². The highest BCUT2D eigenvalue weighted by Gasteiger charge is 2.27. The molecule has 2 aliphatic carbocycles. The number of imidazole rings is 1. The van der Waals surface area contributed by atoms with Gasteiger partial charge in [-0.15, -0.1) is 0 Å². The number of nitrogens with one attached hydrogen (secondary N) is 2. The Morgan fingerprint density at radius 3 is 2.43 bits per heavy atom. The van der Waals surface area contributed by atoms with Crippen molar-refractivity contribution in [2.24, 2.45) is 5.73 Å². The Kier molecular flexibility index (Phi) is 6.91. The number of nitrogens with zero attached hydrogens (tertiary/aromatic N) is 6. The Hall–Kier alpha value is -3.27. The summed E-state index contributed by atoms with van der Waals surface area (Å²) in [7, 11) is 0. The van der Waals surface area contributed by atoms with Crippen LogP contribution in [0, 0.1) is 0 Å². The van der Waals surface area contributed by atoms with Crippen molar-refractivity contribution >= 4 is 28.8 Å². The minimum absolute atomic E-state index is 0.0463. The van der Waals surface area contributed by atoms with Crippen molar-refractivity contribution in [3.05, 3.63) is 36.4 Å². The van der Waals surface area contributed by atoms with Crippen LogP contribution in [0.1, 0.15) is 80.6 Å². The second kappa shape index (κ2) is 10.6. The molecule has 6 rings (SSSR count). The molecule has 1 aliphatic heterocycles. The zero-order chi connectivity index (χ0) is 25.2. The first kappa shape index (κ1) is 24.1. The molecule has 3 aromatic rings. The van der Waals surface area contributed by atoms with Crippen LogP contribution in [0.3, 0.4) is 0 Å². The van der Waals surface area contributed by atoms with Crippen molar-refractivity contribution in [3.63, 3.8) is 0 Å². The minimum Gasteiger partial charge on any atom is -0.365 e. The standard InChI is InChI=1S/C27H37N9O/c28-19-7-9-20(10-8-19)32-27-33-24(23-25(34-27)36(17-30-23)22-5-1-2-6-22)31-21-11-14-35(15-12-21)26(37)18-4-3-13-29-16-18/h3-4,13,16-17,19-22H,1-2,5-12,14-15,28H2,(H2,31,32,33,34)/t19-,20-. The number of hydrogen-bond acceptors (Lipinski definition) is 8. The van der Waals surface area contributed by atoms with Gasteiger partial charge in [0.1, 0.15) is 0 Å². The lowest BCUT2D eigenvalue weighted by molar-refractivity contribution is 0.0718. The fraction of sp³-hybridized carbons (Fsp3) is 0.593. The number of aromatic nitrogens is 5. The first-order valence-electron chi connectivity index (χ1n) is 13.9. The van der Waals surface area contributed by atoms with E-state index in [1.54, 1.807) is 18.5 Å². The quantitative estimate of drug-likeness (QED) is 0.464. The summed E-state index contributed by atoms with van der Waals surface area (Å²) in [5.41, 5.74) is 8.50. The van der Waals surface area contributed by atoms with Gasteiger partial charge < -0.3 is 25.8 Å². The molecule has 0 radical (unpaired) electrons. The van der Waals surface area contributed by atoms with E-state index < -0.39 is 0 Å². The number of piperidine rings is 1. The van der Waals surface area contributed by atoms with Crippen molar-refractivity contribution in [1.29, 1.82) is 0 Å². The molecule has 196 valence electrons. The second-order valence-corrected chi connectivity index (χ2v) is 10.9. The highest BCUT2D eigenvalue weighted by molar-refractivity contribution is 5.94. The van der Waals surface area contributed by atoms with Gasteiger partial charge in [-0.25, -0.2) is 4.98 Å². The smallest absolute Gasteiger partial charge is 0.255 e. The zero-order valence-electron chi connectivity index (χ0n) is 21.4. The largest absolute Gasteiger partial charge is 0.365 e. The van der Waals surface area contributed by atoms with Crippen LogP contribution in [0.25, 0.3) is 11.2 Å². The molecule has 3 fully saturated rings. The molecule has 0 spiro atoms. The lowest BCUT2D eigenvalue weighted by atomic mass is 9.92. The molecule has 3 aliphatic rings. The van der Waals surface area contributed by atoms with E-state index in [4.69, 9.17) is 20.7 Å². The summed E-state index contributed by atoms with van der Waals surface area (Å²) in [5.74, 6) is 1.50. The SMILES string of the molecule is N[C@H]1CC[C@H](Nc2nc(NC3CCN(C(=O)c4cccnc4)CC3)c3ncn(C4CCCC4)c3n2)CC1. The third-order valence-electron chi connectivity index (χ3n) is 8.28. The number of amides is 1. The van der Waals surface area contributed by atoms with Crippen LogP contribution in [-0.4, -0.2) is 66.5 Å². The number of likely N-dealkylation sites (tertiary alicyclic amines) is 1. The summed E-state index contributed by atoms with van der Waals surface area (Å²) in [6.45, 7) is 1.40. The van der Waals surface area contributed by atoms with Crippen molar-refractivity contribution in [1.82, 2.24) is 29.4 Å². The highest BCUT2D eigenvalue weighted by atomic mass is 16.2. The molecule has 4 heterocycles. The van der Waals surface area contributed by atoms with Gasteiger partial charge in [0.15, 0.2) is 17.0 Å². The van der Waals surface area contributed by atoms with E-state index in [0.29, 0.717) is 42.7 Å². The molecule has 0 bridgehead atoms. The van der Waals surface area contributed by atoms with Crippen molar-refractivity contribution in [2.45, 2.75) is 88.4 Å². The topological polar surface area (TPSA) is 127 Å². The van der Waals surface area contributed by atoms with E-state index >= 15 is 0 Å². The molecule has 2 saturated carbocycles. The van der Waals surface area contributed by atoms with E-state index in [-0.39, 0.29) is 11.9 Å². The molecular formula is C27H37N9O. The van der Waals surface area contributed by atoms with Gasteiger partial charge in [-0.2, -0.15) is 9.97 Å². The van der Waals surface area contributed by atoms with Gasteiger partial charge in [0.25, 0.3) is 5.91 Å². The van der Waals surface area contributed by atoms with Gasteiger partial charge in [-0.05, 0) is 63.5 Å². The highest BCUT2D eigenvalue weighted by Crippen LogP contribution is 2.34. The average molecular weight is 504 g/mol. The molecule has 4 N–H and O–H groups in total. The van der Waals surface area contributed by atoms with Crippen LogP contribution >= 0.6 is 0 Å². The molecule has 10 heteroatoms. The normalized spacial score (nSPS) is 23.4. The van der Waals surface area contributed by atoms with E-state index in [9.17, 15) is 4.79 Å². The second-order valence-electron chi connectivity index (χ2n) is 10.9. The number of carbonyl (C=O) groups excluding carboxylic acids is 1. The lowest BCUT2D eigenvalue weighted by Crippen LogP contribution is -2.42. The fourth-order valence-corrected chi connectivity index (χ4v) is 6.07. The van der Waals surface area contributed by atoms with Crippen LogP contribution in [0.5, 0.6) is 0 Å². The van der Waals surface area contributed by atoms with Gasteiger partial charge in [-0.1, -0.05) is 12.8 Å². The number of pyridine rings is 1. The third-order valence-corrected chi connectivity index (χ3v) is 8.28. The number of fused-ring (bicyclic) bond motifs is 1. The Labute approximate surface area is 217 Å². The average Bonchev–Trinajstić information content (AvgIpc) is 3.61. The molecule has 0 aromatic carbocycles. The Morgan fingerprint density at radius 2 is 1.70 bits per heavy atom. The number of rotatable bonds is 6. The summed E-state index contributed by atoms with van der Waals surface area (Å²) in [6.07, 6.45) is 16.0.